The van der Waals surface area contributed by atoms with E-state index < -0.39 is 0 Å². The van der Waals surface area contributed by atoms with Crippen LogP contribution in [0.15, 0.2) is 72.1 Å². The van der Waals surface area contributed by atoms with Gasteiger partial charge in [-0.05, 0) is 47.7 Å². The number of nitrogens with two attached hydrogens (primary N) is 1. The van der Waals surface area contributed by atoms with E-state index in [1.807, 2.05) is 30.3 Å². The van der Waals surface area contributed by atoms with Crippen LogP contribution in [0.2, 0.25) is 0 Å². The van der Waals surface area contributed by atoms with Crippen LogP contribution in [0.1, 0.15) is 21.9 Å². The average molecular weight is 323 g/mol. The molecule has 1 unspecified atom stereocenters. The molecule has 1 atom stereocenters. The maximum Gasteiger partial charge on any atom is 0.120 e. The van der Waals surface area contributed by atoms with Crippen molar-refractivity contribution >= 4 is 11.3 Å². The Morgan fingerprint density at radius 3 is 2.57 bits per heavy atom. The Morgan fingerprint density at radius 1 is 0.957 bits per heavy atom. The third-order valence-electron chi connectivity index (χ3n) is 3.89. The lowest BCUT2D eigenvalue weighted by atomic mass is 9.95. The molecule has 1 heterocycles. The number of rotatable bonds is 7. The highest BCUT2D eigenvalue weighted by Crippen LogP contribution is 2.26. The lowest BCUT2D eigenvalue weighted by molar-refractivity contribution is 0.305. The Balaban J connectivity index is 1.68. The van der Waals surface area contributed by atoms with Crippen LogP contribution < -0.4 is 10.5 Å². The largest absolute Gasteiger partial charge is 0.489 e. The zero-order valence-corrected chi connectivity index (χ0v) is 13.8. The third-order valence-corrected chi connectivity index (χ3v) is 4.79. The van der Waals surface area contributed by atoms with Crippen molar-refractivity contribution in [3.05, 3.63) is 88.1 Å². The van der Waals surface area contributed by atoms with Crippen molar-refractivity contribution in [2.75, 3.05) is 6.54 Å². The highest BCUT2D eigenvalue weighted by molar-refractivity contribution is 7.09. The van der Waals surface area contributed by atoms with Gasteiger partial charge in [-0.25, -0.2) is 0 Å². The molecule has 2 aromatic carbocycles. The fourth-order valence-electron chi connectivity index (χ4n) is 2.61. The van der Waals surface area contributed by atoms with Gasteiger partial charge >= 0.3 is 0 Å². The van der Waals surface area contributed by atoms with Crippen molar-refractivity contribution in [1.29, 1.82) is 0 Å². The minimum absolute atomic E-state index is 0.328. The van der Waals surface area contributed by atoms with E-state index >= 15 is 0 Å². The smallest absolute Gasteiger partial charge is 0.120 e. The van der Waals surface area contributed by atoms with Gasteiger partial charge in [0.15, 0.2) is 0 Å². The first kappa shape index (κ1) is 15.8. The zero-order valence-electron chi connectivity index (χ0n) is 13.0. The van der Waals surface area contributed by atoms with Gasteiger partial charge in [0.1, 0.15) is 12.4 Å². The van der Waals surface area contributed by atoms with Crippen molar-refractivity contribution in [2.24, 2.45) is 5.73 Å². The number of thiophene rings is 1. The van der Waals surface area contributed by atoms with E-state index in [9.17, 15) is 0 Å². The predicted octanol–water partition coefficient (Wildman–Crippen LogP) is 4.61. The molecule has 0 amide bonds. The molecule has 0 bridgehead atoms. The molecule has 3 rings (SSSR count). The number of hydrogen-bond acceptors (Lipinski definition) is 3. The molecule has 0 aliphatic heterocycles. The molecule has 2 N–H and O–H groups in total. The third kappa shape index (κ3) is 4.44. The fraction of sp³-hybridized carbons (Fsp3) is 0.200. The highest BCUT2D eigenvalue weighted by Gasteiger charge is 2.12. The quantitative estimate of drug-likeness (QED) is 0.689. The Hall–Kier alpha value is -2.10. The van der Waals surface area contributed by atoms with Crippen molar-refractivity contribution in [1.82, 2.24) is 0 Å². The summed E-state index contributed by atoms with van der Waals surface area (Å²) in [7, 11) is 0. The fourth-order valence-corrected chi connectivity index (χ4v) is 3.39. The van der Waals surface area contributed by atoms with Gasteiger partial charge in [-0.15, -0.1) is 11.3 Å². The summed E-state index contributed by atoms with van der Waals surface area (Å²) >= 11 is 1.79. The Morgan fingerprint density at radius 2 is 1.83 bits per heavy atom. The first-order chi connectivity index (χ1) is 11.3. The van der Waals surface area contributed by atoms with Gasteiger partial charge in [0, 0.05) is 10.8 Å². The first-order valence-corrected chi connectivity index (χ1v) is 8.72. The minimum Gasteiger partial charge on any atom is -0.489 e. The van der Waals surface area contributed by atoms with E-state index in [1.165, 1.54) is 16.0 Å². The number of ether oxygens (including phenoxy) is 1. The SMILES string of the molecule is NCC(Cc1cccs1)c1cccc(OCc2ccccc2)c1. The molecule has 3 heteroatoms. The van der Waals surface area contributed by atoms with E-state index in [0.717, 1.165) is 12.2 Å². The van der Waals surface area contributed by atoms with Crippen LogP contribution >= 0.6 is 11.3 Å². The Bertz CT molecular complexity index is 710. The monoisotopic (exact) mass is 323 g/mol. The number of benzene rings is 2. The second-order valence-corrected chi connectivity index (χ2v) is 6.60. The molecule has 0 aliphatic carbocycles. The van der Waals surface area contributed by atoms with Crippen LogP contribution in [0.5, 0.6) is 5.75 Å². The summed E-state index contributed by atoms with van der Waals surface area (Å²) in [4.78, 5) is 1.37. The zero-order chi connectivity index (χ0) is 15.9. The topological polar surface area (TPSA) is 35.2 Å². The van der Waals surface area contributed by atoms with Gasteiger partial charge in [0.25, 0.3) is 0 Å². The van der Waals surface area contributed by atoms with Crippen LogP contribution in [0.25, 0.3) is 0 Å². The number of hydrogen-bond donors (Lipinski definition) is 1. The molecule has 3 aromatic rings. The van der Waals surface area contributed by atoms with E-state index in [0.29, 0.717) is 19.1 Å². The van der Waals surface area contributed by atoms with Gasteiger partial charge in [-0.1, -0.05) is 48.5 Å². The molecule has 0 saturated heterocycles. The predicted molar refractivity (Wildman–Crippen MR) is 97.0 cm³/mol. The van der Waals surface area contributed by atoms with Crippen LogP contribution in [0.4, 0.5) is 0 Å². The summed E-state index contributed by atoms with van der Waals surface area (Å²) in [6, 6.07) is 22.8. The van der Waals surface area contributed by atoms with Gasteiger partial charge in [-0.3, -0.25) is 0 Å². The molecule has 0 aliphatic rings. The summed E-state index contributed by atoms with van der Waals surface area (Å²) in [6.07, 6.45) is 0.982. The van der Waals surface area contributed by atoms with E-state index in [1.54, 1.807) is 11.3 Å². The lowest BCUT2D eigenvalue weighted by Crippen LogP contribution is -2.14. The van der Waals surface area contributed by atoms with E-state index in [-0.39, 0.29) is 0 Å². The van der Waals surface area contributed by atoms with Gasteiger partial charge in [0.2, 0.25) is 0 Å². The summed E-state index contributed by atoms with van der Waals surface area (Å²) in [5.41, 5.74) is 8.42. The summed E-state index contributed by atoms with van der Waals surface area (Å²) in [5.74, 6) is 1.23. The molecule has 2 nitrogen and oxygen atoms in total. The molecule has 0 saturated carbocycles. The second-order valence-electron chi connectivity index (χ2n) is 5.56. The van der Waals surface area contributed by atoms with E-state index in [4.69, 9.17) is 10.5 Å². The first-order valence-electron chi connectivity index (χ1n) is 7.84. The molecular weight excluding hydrogens is 302 g/mol. The molecule has 0 fully saturated rings. The summed E-state index contributed by atoms with van der Waals surface area (Å²) in [5, 5.41) is 2.11. The summed E-state index contributed by atoms with van der Waals surface area (Å²) < 4.78 is 5.92. The van der Waals surface area contributed by atoms with Crippen LogP contribution in [-0.4, -0.2) is 6.54 Å². The van der Waals surface area contributed by atoms with Crippen molar-refractivity contribution in [2.45, 2.75) is 18.9 Å². The van der Waals surface area contributed by atoms with Gasteiger partial charge < -0.3 is 10.5 Å². The molecular formula is C20H21NOS. The maximum atomic E-state index is 6.00. The minimum atomic E-state index is 0.328. The van der Waals surface area contributed by atoms with E-state index in [2.05, 4.69) is 41.8 Å². The Labute approximate surface area is 141 Å². The normalized spacial score (nSPS) is 12.0. The van der Waals surface area contributed by atoms with Crippen molar-refractivity contribution < 1.29 is 4.74 Å². The van der Waals surface area contributed by atoms with Crippen LogP contribution in [0, 0.1) is 0 Å². The lowest BCUT2D eigenvalue weighted by Gasteiger charge is -2.16. The van der Waals surface area contributed by atoms with Crippen LogP contribution in [0.3, 0.4) is 0 Å². The second kappa shape index (κ2) is 7.95. The van der Waals surface area contributed by atoms with Crippen molar-refractivity contribution in [3.8, 4) is 5.75 Å². The van der Waals surface area contributed by atoms with Gasteiger partial charge in [0.05, 0.1) is 0 Å². The standard InChI is InChI=1S/C20H21NOS/c21-14-18(13-20-10-5-11-23-20)17-8-4-9-19(12-17)22-15-16-6-2-1-3-7-16/h1-12,18H,13-15,21H2. The molecule has 0 radical (unpaired) electrons. The highest BCUT2D eigenvalue weighted by atomic mass is 32.1. The molecule has 23 heavy (non-hydrogen) atoms. The summed E-state index contributed by atoms with van der Waals surface area (Å²) in [6.45, 7) is 1.22. The van der Waals surface area contributed by atoms with Crippen LogP contribution in [-0.2, 0) is 13.0 Å². The molecule has 118 valence electrons. The maximum absolute atomic E-state index is 6.00. The molecule has 0 spiro atoms. The van der Waals surface area contributed by atoms with Gasteiger partial charge in [-0.2, -0.15) is 0 Å². The Kier molecular flexibility index (Phi) is 5.46. The van der Waals surface area contributed by atoms with Crippen molar-refractivity contribution in [3.63, 3.8) is 0 Å². The average Bonchev–Trinajstić information content (AvgIpc) is 3.12. The molecule has 1 aromatic heterocycles.